The highest BCUT2D eigenvalue weighted by Crippen LogP contribution is 2.32. The number of halogens is 4. The minimum atomic E-state index is -1.34. The second-order valence-electron chi connectivity index (χ2n) is 2.87. The molecule has 0 aliphatic carbocycles. The van der Waals surface area contributed by atoms with E-state index in [1.54, 1.807) is 0 Å². The highest BCUT2D eigenvalue weighted by Gasteiger charge is 2.28. The molecule has 0 aromatic carbocycles. The third-order valence-corrected chi connectivity index (χ3v) is 1.23. The van der Waals surface area contributed by atoms with Crippen molar-refractivity contribution in [3.05, 3.63) is 0 Å². The maximum absolute atomic E-state index is 8.09. The van der Waals surface area contributed by atoms with Crippen LogP contribution in [0.5, 0.6) is 0 Å². The Bertz CT molecular complexity index is 126. The molecule has 0 aliphatic heterocycles. The molecule has 0 rings (SSSR count). The molecule has 0 aromatic rings. The van der Waals surface area contributed by atoms with Crippen molar-refractivity contribution in [1.82, 2.24) is 0 Å². The largest absolute Gasteiger partial charge is 0.396 e. The molecule has 0 fully saturated rings. The summed E-state index contributed by atoms with van der Waals surface area (Å²) in [5, 5.41) is 16.2. The summed E-state index contributed by atoms with van der Waals surface area (Å²) >= 11 is 21.6. The summed E-state index contributed by atoms with van der Waals surface area (Å²) in [4.78, 5) is 0. The van der Waals surface area contributed by atoms with E-state index in [9.17, 15) is 0 Å². The van der Waals surface area contributed by atoms with Crippen LogP contribution in [-0.2, 0) is 4.74 Å². The lowest BCUT2D eigenvalue weighted by atomic mass is 10.3. The predicted octanol–water partition coefficient (Wildman–Crippen LogP) is 3.06. The second kappa shape index (κ2) is 9.11. The van der Waals surface area contributed by atoms with Gasteiger partial charge in [-0.1, -0.05) is 46.4 Å². The average molecular weight is 302 g/mol. The summed E-state index contributed by atoms with van der Waals surface area (Å²) in [6.07, 6.45) is 1.44. The number of hydrogen-bond acceptors (Lipinski definition) is 3. The third-order valence-electron chi connectivity index (χ3n) is 0.925. The first-order chi connectivity index (χ1) is 6.62. The highest BCUT2D eigenvalue weighted by atomic mass is 35.5. The van der Waals surface area contributed by atoms with E-state index >= 15 is 0 Å². The van der Waals surface area contributed by atoms with Gasteiger partial charge in [0.25, 0.3) is 0 Å². The lowest BCUT2D eigenvalue weighted by molar-refractivity contribution is 0.0499. The lowest BCUT2D eigenvalue weighted by Crippen LogP contribution is -2.23. The Hall–Kier alpha value is 1.04. The molecule has 0 radical (unpaired) electrons. The van der Waals surface area contributed by atoms with Gasteiger partial charge in [0.05, 0.1) is 0 Å². The fourth-order valence-corrected chi connectivity index (χ4v) is 1.31. The molecule has 0 aromatic heterocycles. The normalized spacial score (nSPS) is 12.0. The van der Waals surface area contributed by atoms with Gasteiger partial charge in [0.2, 0.25) is 9.04 Å². The minimum Gasteiger partial charge on any atom is -0.396 e. The monoisotopic (exact) mass is 300 g/mol. The van der Waals surface area contributed by atoms with Crippen molar-refractivity contribution in [2.45, 2.75) is 35.7 Å². The molecule has 0 heterocycles. The molecule has 0 spiro atoms. The Morgan fingerprint density at radius 3 is 1.20 bits per heavy atom. The smallest absolute Gasteiger partial charge is 0.217 e. The summed E-state index contributed by atoms with van der Waals surface area (Å²) in [6, 6.07) is 0. The summed E-state index contributed by atoms with van der Waals surface area (Å²) < 4.78 is 2.02. The standard InChI is InChI=1S/C4H6Cl4O.C4H10O2/c1-3(5,6)9-4(2,7)8;5-3-1-2-4-6/h1-2H3;5-6H,1-4H2. The van der Waals surface area contributed by atoms with Crippen molar-refractivity contribution in [2.24, 2.45) is 0 Å². The van der Waals surface area contributed by atoms with Gasteiger partial charge in [0.15, 0.2) is 0 Å². The maximum Gasteiger partial charge on any atom is 0.217 e. The summed E-state index contributed by atoms with van der Waals surface area (Å²) in [5.74, 6) is 0. The zero-order valence-electron chi connectivity index (χ0n) is 8.64. The van der Waals surface area contributed by atoms with Gasteiger partial charge in [-0.15, -0.1) is 0 Å². The van der Waals surface area contributed by atoms with E-state index < -0.39 is 9.04 Å². The molecular weight excluding hydrogens is 286 g/mol. The first-order valence-electron chi connectivity index (χ1n) is 4.30. The van der Waals surface area contributed by atoms with Gasteiger partial charge < -0.3 is 14.9 Å². The molecular formula is C8H16Cl4O3. The fraction of sp³-hybridized carbons (Fsp3) is 1.00. The van der Waals surface area contributed by atoms with Gasteiger partial charge in [0, 0.05) is 13.2 Å². The van der Waals surface area contributed by atoms with Gasteiger partial charge in [-0.25, -0.2) is 0 Å². The summed E-state index contributed by atoms with van der Waals surface area (Å²) in [5.41, 5.74) is 0. The van der Waals surface area contributed by atoms with Crippen LogP contribution < -0.4 is 0 Å². The summed E-state index contributed by atoms with van der Waals surface area (Å²) in [6.45, 7) is 3.25. The van der Waals surface area contributed by atoms with Crippen molar-refractivity contribution in [1.29, 1.82) is 0 Å². The Morgan fingerprint density at radius 1 is 0.867 bits per heavy atom. The number of unbranched alkanes of at least 4 members (excludes halogenated alkanes) is 1. The lowest BCUT2D eigenvalue weighted by Gasteiger charge is -2.21. The van der Waals surface area contributed by atoms with Crippen LogP contribution in [0.3, 0.4) is 0 Å². The quantitative estimate of drug-likeness (QED) is 0.606. The molecule has 0 atom stereocenters. The Labute approximate surface area is 110 Å². The van der Waals surface area contributed by atoms with Crippen molar-refractivity contribution >= 4 is 46.4 Å². The molecule has 0 saturated heterocycles. The molecule has 0 aliphatic rings. The number of alkyl halides is 4. The second-order valence-corrected chi connectivity index (χ2v) is 6.14. The fourth-order valence-electron chi connectivity index (χ4n) is 0.538. The SMILES string of the molecule is CC(Cl)(Cl)OC(C)(Cl)Cl.OCCCCO. The Morgan fingerprint density at radius 2 is 1.13 bits per heavy atom. The van der Waals surface area contributed by atoms with Crippen LogP contribution in [-0.4, -0.2) is 32.5 Å². The van der Waals surface area contributed by atoms with Gasteiger partial charge in [-0.05, 0) is 26.7 Å². The van der Waals surface area contributed by atoms with Gasteiger partial charge >= 0.3 is 0 Å². The number of aliphatic hydroxyl groups is 2. The number of ether oxygens (including phenoxy) is 1. The molecule has 0 saturated carbocycles. The molecule has 2 N–H and O–H groups in total. The van der Waals surface area contributed by atoms with E-state index in [1.165, 1.54) is 13.8 Å². The van der Waals surface area contributed by atoms with Crippen molar-refractivity contribution < 1.29 is 14.9 Å². The topological polar surface area (TPSA) is 49.7 Å². The molecule has 7 heteroatoms. The zero-order valence-corrected chi connectivity index (χ0v) is 11.7. The van der Waals surface area contributed by atoms with Gasteiger partial charge in [-0.2, -0.15) is 0 Å². The van der Waals surface area contributed by atoms with Crippen LogP contribution in [0.1, 0.15) is 26.7 Å². The van der Waals surface area contributed by atoms with E-state index in [1.807, 2.05) is 0 Å². The van der Waals surface area contributed by atoms with E-state index in [-0.39, 0.29) is 13.2 Å². The van der Waals surface area contributed by atoms with Crippen molar-refractivity contribution in [2.75, 3.05) is 13.2 Å². The van der Waals surface area contributed by atoms with Crippen LogP contribution >= 0.6 is 46.4 Å². The van der Waals surface area contributed by atoms with Crippen molar-refractivity contribution in [3.8, 4) is 0 Å². The number of aliphatic hydroxyl groups excluding tert-OH is 2. The third kappa shape index (κ3) is 25.4. The average Bonchev–Trinajstić information content (AvgIpc) is 1.94. The molecule has 0 amide bonds. The van der Waals surface area contributed by atoms with Gasteiger partial charge in [-0.3, -0.25) is 0 Å². The summed E-state index contributed by atoms with van der Waals surface area (Å²) in [7, 11) is 0. The number of hydrogen-bond donors (Lipinski definition) is 2. The molecule has 3 nitrogen and oxygen atoms in total. The Kier molecular flexibility index (Phi) is 11.2. The van der Waals surface area contributed by atoms with Crippen LogP contribution in [0.2, 0.25) is 0 Å². The number of rotatable bonds is 5. The minimum absolute atomic E-state index is 0.195. The van der Waals surface area contributed by atoms with E-state index in [0.717, 1.165) is 12.8 Å². The van der Waals surface area contributed by atoms with E-state index in [4.69, 9.17) is 56.6 Å². The van der Waals surface area contributed by atoms with Crippen LogP contribution in [0.15, 0.2) is 0 Å². The Balaban J connectivity index is 0. The predicted molar refractivity (Wildman–Crippen MR) is 64.7 cm³/mol. The maximum atomic E-state index is 8.09. The van der Waals surface area contributed by atoms with Crippen LogP contribution in [0, 0.1) is 0 Å². The molecule has 0 bridgehead atoms. The van der Waals surface area contributed by atoms with Crippen LogP contribution in [0.25, 0.3) is 0 Å². The first kappa shape index (κ1) is 18.4. The molecule has 94 valence electrons. The van der Waals surface area contributed by atoms with Gasteiger partial charge in [0.1, 0.15) is 0 Å². The zero-order chi connectivity index (χ0) is 12.5. The first-order valence-corrected chi connectivity index (χ1v) is 5.81. The van der Waals surface area contributed by atoms with E-state index in [0.29, 0.717) is 0 Å². The molecule has 15 heavy (non-hydrogen) atoms. The van der Waals surface area contributed by atoms with Crippen molar-refractivity contribution in [3.63, 3.8) is 0 Å². The van der Waals surface area contributed by atoms with E-state index in [2.05, 4.69) is 4.74 Å². The highest BCUT2D eigenvalue weighted by molar-refractivity contribution is 6.49. The van der Waals surface area contributed by atoms with Crippen LogP contribution in [0.4, 0.5) is 0 Å². The molecule has 0 unspecified atom stereocenters.